The largest absolute Gasteiger partial charge is 0.454 e. The molecule has 0 heterocycles. The van der Waals surface area contributed by atoms with Crippen molar-refractivity contribution in [1.29, 1.82) is 5.26 Å². The van der Waals surface area contributed by atoms with Crippen molar-refractivity contribution >= 4 is 0 Å². The van der Waals surface area contributed by atoms with Gasteiger partial charge in [0.05, 0.1) is 12.5 Å². The van der Waals surface area contributed by atoms with Gasteiger partial charge >= 0.3 is 0 Å². The summed E-state index contributed by atoms with van der Waals surface area (Å²) in [5.41, 5.74) is 7.32. The molecule has 0 aromatic heterocycles. The number of hydrogen-bond acceptors (Lipinski definition) is 3. The minimum Gasteiger partial charge on any atom is -0.454 e. The second-order valence-corrected chi connectivity index (χ2v) is 4.53. The Morgan fingerprint density at radius 2 is 1.95 bits per heavy atom. The topological polar surface area (TPSA) is 59.0 Å². The maximum Gasteiger partial charge on any atom is 0.167 e. The second kappa shape index (κ2) is 6.18. The molecule has 0 saturated carbocycles. The number of para-hydroxylation sites is 1. The lowest BCUT2D eigenvalue weighted by molar-refractivity contribution is 0.432. The second-order valence-electron chi connectivity index (χ2n) is 4.53. The van der Waals surface area contributed by atoms with Gasteiger partial charge in [-0.15, -0.1) is 0 Å². The van der Waals surface area contributed by atoms with E-state index in [9.17, 15) is 4.39 Å². The molecule has 2 N–H and O–H groups in total. The number of halogens is 1. The van der Waals surface area contributed by atoms with Gasteiger partial charge in [-0.2, -0.15) is 5.26 Å². The molecular weight excluding hydrogens is 255 g/mol. The van der Waals surface area contributed by atoms with Crippen LogP contribution in [0.15, 0.2) is 42.5 Å². The molecule has 20 heavy (non-hydrogen) atoms. The van der Waals surface area contributed by atoms with Crippen LogP contribution in [0.5, 0.6) is 11.5 Å². The molecular formula is C16H15FN2O. The molecule has 1 atom stereocenters. The molecule has 2 rings (SSSR count). The number of benzene rings is 2. The van der Waals surface area contributed by atoms with E-state index in [0.717, 1.165) is 5.56 Å². The Hall–Kier alpha value is -2.38. The van der Waals surface area contributed by atoms with Crippen molar-refractivity contribution < 1.29 is 9.13 Å². The van der Waals surface area contributed by atoms with E-state index in [-0.39, 0.29) is 11.8 Å². The zero-order valence-electron chi connectivity index (χ0n) is 11.1. The zero-order valence-corrected chi connectivity index (χ0v) is 11.1. The number of nitriles is 1. The minimum atomic E-state index is -0.444. The maximum absolute atomic E-state index is 13.9. The first-order valence-corrected chi connectivity index (χ1v) is 6.29. The monoisotopic (exact) mass is 270 g/mol. The van der Waals surface area contributed by atoms with Crippen molar-refractivity contribution in [2.75, 3.05) is 0 Å². The molecule has 0 bridgehead atoms. The van der Waals surface area contributed by atoms with Crippen LogP contribution < -0.4 is 10.5 Å². The molecule has 0 aliphatic rings. The van der Waals surface area contributed by atoms with Gasteiger partial charge in [-0.1, -0.05) is 24.3 Å². The fourth-order valence-corrected chi connectivity index (χ4v) is 1.88. The van der Waals surface area contributed by atoms with Gasteiger partial charge in [0.2, 0.25) is 0 Å². The first kappa shape index (κ1) is 14.0. The van der Waals surface area contributed by atoms with Crippen LogP contribution in [-0.4, -0.2) is 0 Å². The highest BCUT2D eigenvalue weighted by Crippen LogP contribution is 2.31. The van der Waals surface area contributed by atoms with Crippen molar-refractivity contribution in [2.45, 2.75) is 19.4 Å². The third-order valence-corrected chi connectivity index (χ3v) is 2.91. The number of rotatable bonds is 4. The summed E-state index contributed by atoms with van der Waals surface area (Å²) in [6.07, 6.45) is 0.338. The van der Waals surface area contributed by atoms with Crippen LogP contribution in [0.2, 0.25) is 0 Å². The molecule has 0 aliphatic carbocycles. The third-order valence-electron chi connectivity index (χ3n) is 2.91. The lowest BCUT2D eigenvalue weighted by Gasteiger charge is -2.14. The van der Waals surface area contributed by atoms with Crippen LogP contribution in [0.1, 0.15) is 24.1 Å². The Labute approximate surface area is 117 Å². The lowest BCUT2D eigenvalue weighted by Crippen LogP contribution is -2.07. The molecule has 0 fully saturated rings. The number of ether oxygens (including phenoxy) is 1. The zero-order chi connectivity index (χ0) is 14.5. The van der Waals surface area contributed by atoms with Crippen LogP contribution >= 0.6 is 0 Å². The van der Waals surface area contributed by atoms with Crippen molar-refractivity contribution in [3.8, 4) is 17.6 Å². The molecule has 2 aromatic rings. The summed E-state index contributed by atoms with van der Waals surface area (Å²) in [4.78, 5) is 0. The van der Waals surface area contributed by atoms with Gasteiger partial charge in [0.1, 0.15) is 5.75 Å². The van der Waals surface area contributed by atoms with Gasteiger partial charge in [0.25, 0.3) is 0 Å². The van der Waals surface area contributed by atoms with E-state index in [1.165, 1.54) is 6.07 Å². The summed E-state index contributed by atoms with van der Waals surface area (Å²) in [5.74, 6) is 0.218. The Balaban J connectivity index is 2.28. The van der Waals surface area contributed by atoms with Crippen molar-refractivity contribution in [3.05, 3.63) is 59.4 Å². The fraction of sp³-hybridized carbons (Fsp3) is 0.188. The van der Waals surface area contributed by atoms with E-state index in [1.807, 2.05) is 0 Å². The molecule has 0 amide bonds. The quantitative estimate of drug-likeness (QED) is 0.921. The summed E-state index contributed by atoms with van der Waals surface area (Å²) in [6, 6.07) is 13.4. The Kier molecular flexibility index (Phi) is 4.34. The Bertz CT molecular complexity index is 630. The minimum absolute atomic E-state index is 0.149. The molecule has 0 spiro atoms. The Morgan fingerprint density at radius 1 is 1.25 bits per heavy atom. The SMILES string of the molecule is C[C@@H](N)c1cccc(F)c1Oc1ccc(CC#N)cc1. The molecule has 102 valence electrons. The summed E-state index contributed by atoms with van der Waals surface area (Å²) < 4.78 is 19.5. The summed E-state index contributed by atoms with van der Waals surface area (Å²) >= 11 is 0. The van der Waals surface area contributed by atoms with Gasteiger partial charge in [0.15, 0.2) is 11.6 Å². The van der Waals surface area contributed by atoms with Gasteiger partial charge in [-0.3, -0.25) is 0 Å². The van der Waals surface area contributed by atoms with Crippen LogP contribution in [-0.2, 0) is 6.42 Å². The van der Waals surface area contributed by atoms with E-state index in [0.29, 0.717) is 17.7 Å². The number of hydrogen-bond donors (Lipinski definition) is 1. The predicted octanol–water partition coefficient (Wildman–Crippen LogP) is 3.70. The average molecular weight is 270 g/mol. The van der Waals surface area contributed by atoms with Crippen LogP contribution in [0, 0.1) is 17.1 Å². The highest BCUT2D eigenvalue weighted by molar-refractivity contribution is 5.41. The first-order valence-electron chi connectivity index (χ1n) is 6.29. The molecule has 0 aliphatic heterocycles. The summed E-state index contributed by atoms with van der Waals surface area (Å²) in [5, 5.41) is 8.61. The molecule has 0 unspecified atom stereocenters. The average Bonchev–Trinajstić information content (AvgIpc) is 2.43. The number of nitrogens with zero attached hydrogens (tertiary/aromatic N) is 1. The molecule has 0 radical (unpaired) electrons. The van der Waals surface area contributed by atoms with Crippen LogP contribution in [0.3, 0.4) is 0 Å². The Morgan fingerprint density at radius 3 is 2.55 bits per heavy atom. The van der Waals surface area contributed by atoms with Crippen molar-refractivity contribution in [1.82, 2.24) is 0 Å². The van der Waals surface area contributed by atoms with Gasteiger partial charge in [-0.25, -0.2) is 4.39 Å². The van der Waals surface area contributed by atoms with Gasteiger partial charge in [-0.05, 0) is 30.7 Å². The highest BCUT2D eigenvalue weighted by Gasteiger charge is 2.13. The highest BCUT2D eigenvalue weighted by atomic mass is 19.1. The normalized spacial score (nSPS) is 11.7. The van der Waals surface area contributed by atoms with Crippen LogP contribution in [0.4, 0.5) is 4.39 Å². The van der Waals surface area contributed by atoms with Crippen molar-refractivity contribution in [2.24, 2.45) is 5.73 Å². The van der Waals surface area contributed by atoms with Crippen molar-refractivity contribution in [3.63, 3.8) is 0 Å². The summed E-state index contributed by atoms with van der Waals surface area (Å²) in [6.45, 7) is 1.78. The van der Waals surface area contributed by atoms with Gasteiger partial charge < -0.3 is 10.5 Å². The van der Waals surface area contributed by atoms with E-state index in [2.05, 4.69) is 6.07 Å². The van der Waals surface area contributed by atoms with E-state index >= 15 is 0 Å². The lowest BCUT2D eigenvalue weighted by atomic mass is 10.1. The smallest absolute Gasteiger partial charge is 0.167 e. The molecule has 3 nitrogen and oxygen atoms in total. The maximum atomic E-state index is 13.9. The molecule has 2 aromatic carbocycles. The van der Waals surface area contributed by atoms with E-state index < -0.39 is 5.82 Å². The van der Waals surface area contributed by atoms with E-state index in [1.54, 1.807) is 43.3 Å². The number of nitrogens with two attached hydrogens (primary N) is 1. The standard InChI is InChI=1S/C16H15FN2O/c1-11(19)14-3-2-4-15(17)16(14)20-13-7-5-12(6-8-13)9-10-18/h2-8,11H,9,19H2,1H3/t11-/m1/s1. The predicted molar refractivity (Wildman–Crippen MR) is 74.8 cm³/mol. The fourth-order valence-electron chi connectivity index (χ4n) is 1.88. The molecule has 4 heteroatoms. The van der Waals surface area contributed by atoms with E-state index in [4.69, 9.17) is 15.7 Å². The summed E-state index contributed by atoms with van der Waals surface area (Å²) in [7, 11) is 0. The van der Waals surface area contributed by atoms with Crippen LogP contribution in [0.25, 0.3) is 0 Å². The van der Waals surface area contributed by atoms with Gasteiger partial charge in [0, 0.05) is 11.6 Å². The molecule has 0 saturated heterocycles. The third kappa shape index (κ3) is 3.14. The first-order chi connectivity index (χ1) is 9.61.